The maximum absolute atomic E-state index is 12.7. The van der Waals surface area contributed by atoms with E-state index >= 15 is 0 Å². The molecule has 0 spiro atoms. The topological polar surface area (TPSA) is 86.7 Å². The third-order valence-electron chi connectivity index (χ3n) is 4.92. The van der Waals surface area contributed by atoms with Gasteiger partial charge >= 0.3 is 18.6 Å². The van der Waals surface area contributed by atoms with E-state index in [4.69, 9.17) is 27.7 Å². The number of quaternary nitrogens is 1. The SMILES string of the molecule is CC1(C)CC(=[N+]=N[P+](O)(Oc2ccc(I)cc2)N(CCCl)CCCl)CC(C)(C)[NH+]1[O-]. The van der Waals surface area contributed by atoms with Crippen molar-refractivity contribution in [2.45, 2.75) is 51.6 Å². The molecule has 0 amide bonds. The molecule has 1 unspecified atom stereocenters. The molecule has 0 saturated carbocycles. The molecule has 0 aliphatic carbocycles. The van der Waals surface area contributed by atoms with Crippen LogP contribution in [-0.2, 0) is 0 Å². The molecule has 1 aromatic rings. The third-order valence-corrected chi connectivity index (χ3v) is 7.89. The average molecular weight is 591 g/mol. The Hall–Kier alpha value is -0.0200. The van der Waals surface area contributed by atoms with Crippen LogP contribution in [0.2, 0.25) is 0 Å². The lowest BCUT2D eigenvalue weighted by Gasteiger charge is -2.50. The molecule has 1 aromatic carbocycles. The number of nitrogens with one attached hydrogen (secondary N) is 1. The summed E-state index contributed by atoms with van der Waals surface area (Å²) in [4.78, 5) is 20.2. The van der Waals surface area contributed by atoms with Crippen LogP contribution in [0.4, 0.5) is 0 Å². The Kier molecular flexibility index (Phi) is 9.38. The minimum absolute atomic E-state index is 0.208. The summed E-state index contributed by atoms with van der Waals surface area (Å²) >= 11 is 14.1. The first-order valence-electron chi connectivity index (χ1n) is 9.71. The molecule has 1 saturated heterocycles. The molecular weight excluding hydrogens is 561 g/mol. The lowest BCUT2D eigenvalue weighted by atomic mass is 9.81. The van der Waals surface area contributed by atoms with Gasteiger partial charge in [-0.15, -0.1) is 23.2 Å². The molecule has 0 bridgehead atoms. The molecule has 2 rings (SSSR count). The number of alkyl halides is 2. The van der Waals surface area contributed by atoms with E-state index in [0.29, 0.717) is 31.7 Å². The standard InChI is InChI=1S/C19H30Cl2IN4O3P/c1-18(2)13-16(14-19(3,4)26(18)27)23-24-30(28,25(11-9-20)12-10-21)29-17-7-5-15(22)6-8-17/h5-8,26,28H,9-14H2,1-4H3/q+2. The van der Waals surface area contributed by atoms with E-state index in [9.17, 15) is 10.1 Å². The highest BCUT2D eigenvalue weighted by molar-refractivity contribution is 14.1. The van der Waals surface area contributed by atoms with E-state index < -0.39 is 19.1 Å². The predicted octanol–water partition coefficient (Wildman–Crippen LogP) is 3.95. The van der Waals surface area contributed by atoms with Crippen molar-refractivity contribution in [1.29, 1.82) is 0 Å². The van der Waals surface area contributed by atoms with Crippen molar-refractivity contribution in [3.8, 4) is 5.75 Å². The van der Waals surface area contributed by atoms with Gasteiger partial charge in [0, 0.05) is 15.3 Å². The van der Waals surface area contributed by atoms with Gasteiger partial charge in [-0.2, -0.15) is 4.89 Å². The van der Waals surface area contributed by atoms with Crippen LogP contribution >= 0.6 is 53.8 Å². The van der Waals surface area contributed by atoms with Crippen LogP contribution in [0.5, 0.6) is 5.75 Å². The normalized spacial score (nSPS) is 22.3. The summed E-state index contributed by atoms with van der Waals surface area (Å²) in [5, 5.41) is 12.9. The summed E-state index contributed by atoms with van der Waals surface area (Å²) in [7, 11) is -3.50. The Morgan fingerprint density at radius 1 is 1.17 bits per heavy atom. The zero-order valence-corrected chi connectivity index (χ0v) is 22.3. The van der Waals surface area contributed by atoms with Crippen molar-refractivity contribution in [2.75, 3.05) is 24.8 Å². The lowest BCUT2D eigenvalue weighted by Crippen LogP contribution is -3.23. The van der Waals surface area contributed by atoms with Crippen molar-refractivity contribution >= 4 is 59.5 Å². The van der Waals surface area contributed by atoms with Crippen molar-refractivity contribution < 1.29 is 19.3 Å². The summed E-state index contributed by atoms with van der Waals surface area (Å²) in [6, 6.07) is 7.33. The number of halogens is 3. The summed E-state index contributed by atoms with van der Waals surface area (Å²) in [5.41, 5.74) is -0.295. The summed E-state index contributed by atoms with van der Waals surface area (Å²) in [5.74, 6) is 1.06. The second kappa shape index (κ2) is 10.7. The molecule has 1 aliphatic heterocycles. The molecular formula is C19H30Cl2IN4O3P+2. The summed E-state index contributed by atoms with van der Waals surface area (Å²) < 4.78 is 8.67. The molecule has 2 N–H and O–H groups in total. The maximum atomic E-state index is 12.7. The molecule has 1 fully saturated rings. The number of hydrogen-bond acceptors (Lipinski definition) is 5. The van der Waals surface area contributed by atoms with Gasteiger partial charge in [-0.25, -0.2) is 0 Å². The Morgan fingerprint density at radius 3 is 2.13 bits per heavy atom. The Morgan fingerprint density at radius 2 is 1.67 bits per heavy atom. The lowest BCUT2D eigenvalue weighted by molar-refractivity contribution is -0.950. The number of piperidine rings is 1. The van der Waals surface area contributed by atoms with Gasteiger partial charge in [0.1, 0.15) is 23.9 Å². The van der Waals surface area contributed by atoms with Gasteiger partial charge in [-0.1, -0.05) is 4.67 Å². The van der Waals surface area contributed by atoms with Gasteiger partial charge < -0.3 is 10.3 Å². The zero-order valence-electron chi connectivity index (χ0n) is 17.7. The monoisotopic (exact) mass is 590 g/mol. The van der Waals surface area contributed by atoms with E-state index in [1.807, 2.05) is 39.8 Å². The van der Waals surface area contributed by atoms with Gasteiger partial charge in [0.15, 0.2) is 5.75 Å². The van der Waals surface area contributed by atoms with Crippen molar-refractivity contribution in [3.63, 3.8) is 0 Å². The molecule has 30 heavy (non-hydrogen) atoms. The van der Waals surface area contributed by atoms with Gasteiger partial charge in [-0.05, 0) is 74.6 Å². The van der Waals surface area contributed by atoms with E-state index in [2.05, 4.69) is 32.3 Å². The van der Waals surface area contributed by atoms with Crippen molar-refractivity contribution in [1.82, 2.24) is 4.67 Å². The Labute approximate surface area is 202 Å². The highest BCUT2D eigenvalue weighted by atomic mass is 127. The highest BCUT2D eigenvalue weighted by Crippen LogP contribution is 2.59. The van der Waals surface area contributed by atoms with E-state index in [1.165, 1.54) is 0 Å². The second-order valence-corrected chi connectivity index (χ2v) is 12.6. The average Bonchev–Trinajstić information content (AvgIpc) is 2.66. The number of hydroxylamine groups is 2. The molecule has 168 valence electrons. The zero-order chi connectivity index (χ0) is 22.6. The first kappa shape index (κ1) is 26.2. The largest absolute Gasteiger partial charge is 0.634 e. The van der Waals surface area contributed by atoms with Gasteiger partial charge in [-0.3, -0.25) is 4.52 Å². The first-order valence-corrected chi connectivity index (χ1v) is 13.4. The maximum Gasteiger partial charge on any atom is 0.611 e. The molecule has 1 aliphatic rings. The van der Waals surface area contributed by atoms with Crippen LogP contribution in [0, 0.1) is 8.78 Å². The van der Waals surface area contributed by atoms with Crippen molar-refractivity contribution in [3.05, 3.63) is 33.0 Å². The first-order chi connectivity index (χ1) is 13.9. The molecule has 1 heterocycles. The fraction of sp³-hybridized carbons (Fsp3) is 0.632. The fourth-order valence-corrected chi connectivity index (χ4v) is 6.33. The van der Waals surface area contributed by atoms with Gasteiger partial charge in [0.05, 0.1) is 17.9 Å². The number of benzene rings is 1. The quantitative estimate of drug-likeness (QED) is 0.120. The van der Waals surface area contributed by atoms with Crippen LogP contribution < -0.4 is 9.59 Å². The van der Waals surface area contributed by atoms with Crippen molar-refractivity contribution in [2.24, 2.45) is 4.88 Å². The Bertz CT molecular complexity index is 764. The second-order valence-electron chi connectivity index (χ2n) is 8.60. The molecule has 0 radical (unpaired) electrons. The fourth-order valence-electron chi connectivity index (χ4n) is 3.69. The Balaban J connectivity index is 2.45. The van der Waals surface area contributed by atoms with Crippen LogP contribution in [-0.4, -0.2) is 56.0 Å². The molecule has 7 nitrogen and oxygen atoms in total. The van der Waals surface area contributed by atoms with E-state index in [-0.39, 0.29) is 16.8 Å². The third kappa shape index (κ3) is 6.74. The van der Waals surface area contributed by atoms with Crippen LogP contribution in [0.3, 0.4) is 0 Å². The number of nitrogens with zero attached hydrogens (tertiary/aromatic N) is 3. The number of rotatable bonds is 8. The van der Waals surface area contributed by atoms with Gasteiger partial charge in [0.25, 0.3) is 0 Å². The smallest absolute Gasteiger partial charge is 0.611 e. The summed E-state index contributed by atoms with van der Waals surface area (Å²) in [6.45, 7) is 8.38. The van der Waals surface area contributed by atoms with Crippen LogP contribution in [0.1, 0.15) is 40.5 Å². The number of hydrogen-bond donors (Lipinski definition) is 2. The minimum atomic E-state index is -3.50. The highest BCUT2D eigenvalue weighted by Gasteiger charge is 2.56. The molecule has 11 heteroatoms. The van der Waals surface area contributed by atoms with E-state index in [0.717, 1.165) is 9.28 Å². The van der Waals surface area contributed by atoms with Gasteiger partial charge in [0.2, 0.25) is 0 Å². The van der Waals surface area contributed by atoms with E-state index in [1.54, 1.807) is 16.8 Å². The van der Waals surface area contributed by atoms with Crippen LogP contribution in [0.15, 0.2) is 29.2 Å². The summed E-state index contributed by atoms with van der Waals surface area (Å²) in [6.07, 6.45) is 0.987. The minimum Gasteiger partial charge on any atom is -0.634 e. The molecule has 0 aromatic heterocycles. The predicted molar refractivity (Wildman–Crippen MR) is 131 cm³/mol. The van der Waals surface area contributed by atoms with Crippen LogP contribution in [0.25, 0.3) is 0 Å². The molecule has 1 atom stereocenters.